The Bertz CT molecular complexity index is 961. The molecule has 0 unspecified atom stereocenters. The second kappa shape index (κ2) is 14.0. The standard InChI is InChI=1S/C17H19P.C12H10P.ClH.Ni/c1-3-9-15(10-4-1)18(17-13-7-8-14-17)16-11-5-2-6-12-16;1-3-7-11(8-4-1)13-12-9-5-2-6-10-12;;/h1-6,9-12,17H,7-8,13-14H2;1-10H;1H;/q;-1;;+2/p-1. The summed E-state index contributed by atoms with van der Waals surface area (Å²) in [6.45, 7) is -0.546. The zero-order chi connectivity index (χ0) is 22.0. The topological polar surface area (TPSA) is 0 Å². The van der Waals surface area contributed by atoms with Crippen LogP contribution in [-0.2, 0) is 15.0 Å². The second-order valence-corrected chi connectivity index (χ2v) is 13.3. The van der Waals surface area contributed by atoms with Gasteiger partial charge in [-0.25, -0.2) is 0 Å². The number of hydrogen-bond donors (Lipinski definition) is 0. The van der Waals surface area contributed by atoms with Crippen molar-refractivity contribution in [2.75, 3.05) is 0 Å². The predicted octanol–water partition coefficient (Wildman–Crippen LogP) is 3.65. The summed E-state index contributed by atoms with van der Waals surface area (Å²) in [5, 5.41) is 5.64. The fourth-order valence-corrected chi connectivity index (χ4v) is 9.18. The molecule has 0 aromatic heterocycles. The van der Waals surface area contributed by atoms with Crippen LogP contribution in [0.3, 0.4) is 0 Å². The molecule has 1 aliphatic carbocycles. The van der Waals surface area contributed by atoms with E-state index in [1.807, 2.05) is 36.4 Å². The third-order valence-electron chi connectivity index (χ3n) is 5.69. The van der Waals surface area contributed by atoms with Gasteiger partial charge in [0, 0.05) is 0 Å². The van der Waals surface area contributed by atoms with Gasteiger partial charge in [-0.2, -0.15) is 0 Å². The molecule has 0 nitrogen and oxygen atoms in total. The van der Waals surface area contributed by atoms with Crippen molar-refractivity contribution in [2.24, 2.45) is 0 Å². The summed E-state index contributed by atoms with van der Waals surface area (Å²) in [4.78, 5) is 0. The van der Waals surface area contributed by atoms with Crippen molar-refractivity contribution in [3.05, 3.63) is 121 Å². The van der Waals surface area contributed by atoms with Crippen LogP contribution in [0.1, 0.15) is 25.7 Å². The minimum absolute atomic E-state index is 0. The molecule has 4 aromatic rings. The summed E-state index contributed by atoms with van der Waals surface area (Å²) in [6.07, 6.45) is 5.66. The Morgan fingerprint density at radius 1 is 0.485 bits per heavy atom. The second-order valence-electron chi connectivity index (χ2n) is 7.90. The van der Waals surface area contributed by atoms with Gasteiger partial charge in [0.05, 0.1) is 0 Å². The van der Waals surface area contributed by atoms with E-state index < -0.39 is 6.70 Å². The third-order valence-corrected chi connectivity index (χ3v) is 11.6. The van der Waals surface area contributed by atoms with Gasteiger partial charge in [0.1, 0.15) is 0 Å². The molecular weight excluding hydrogens is 504 g/mol. The Morgan fingerprint density at radius 2 is 0.788 bits per heavy atom. The van der Waals surface area contributed by atoms with Gasteiger partial charge in [-0.1, -0.05) is 73.5 Å². The monoisotopic (exact) mass is 532 g/mol. The SMILES string of the molecule is [Cl-].[Ni+][P](c1ccccc1)c1ccccc1.c1ccc(P(c2ccccc2)C2CCCC2)cc1. The smallest absolute Gasteiger partial charge is 0.0129 e. The van der Waals surface area contributed by atoms with E-state index in [1.165, 1.54) is 36.3 Å². The van der Waals surface area contributed by atoms with E-state index in [0.717, 1.165) is 5.66 Å². The molecule has 0 heterocycles. The average Bonchev–Trinajstić information content (AvgIpc) is 3.41. The minimum atomic E-state index is -0.546. The fraction of sp³-hybridized carbons (Fsp3) is 0.172. The summed E-state index contributed by atoms with van der Waals surface area (Å²) in [5.41, 5.74) is 0.893. The third kappa shape index (κ3) is 7.50. The van der Waals surface area contributed by atoms with Crippen molar-refractivity contribution >= 4 is 35.8 Å². The summed E-state index contributed by atoms with van der Waals surface area (Å²) in [6, 6.07) is 42.9. The number of rotatable bonds is 5. The first-order chi connectivity index (χ1) is 15.8. The summed E-state index contributed by atoms with van der Waals surface area (Å²) in [5.74, 6) is 0. The first kappa shape index (κ1) is 26.1. The van der Waals surface area contributed by atoms with E-state index in [4.69, 9.17) is 15.0 Å². The van der Waals surface area contributed by atoms with Crippen LogP contribution < -0.4 is 33.6 Å². The van der Waals surface area contributed by atoms with E-state index in [1.54, 1.807) is 10.6 Å². The summed E-state index contributed by atoms with van der Waals surface area (Å²) >= 11 is 5.21. The summed E-state index contributed by atoms with van der Waals surface area (Å²) in [7, 11) is -0.152. The predicted molar refractivity (Wildman–Crippen MR) is 140 cm³/mol. The Hall–Kier alpha value is -1.48. The first-order valence-electron chi connectivity index (χ1n) is 11.3. The van der Waals surface area contributed by atoms with Crippen LogP contribution in [0.4, 0.5) is 0 Å². The van der Waals surface area contributed by atoms with Crippen LogP contribution in [0.2, 0.25) is 0 Å². The number of benzene rings is 4. The molecule has 0 bridgehead atoms. The molecule has 33 heavy (non-hydrogen) atoms. The van der Waals surface area contributed by atoms with Gasteiger partial charge in [0.2, 0.25) is 0 Å². The molecule has 0 aliphatic heterocycles. The van der Waals surface area contributed by atoms with Gasteiger partial charge >= 0.3 is 93.0 Å². The number of halogens is 1. The van der Waals surface area contributed by atoms with Crippen molar-refractivity contribution in [2.45, 2.75) is 31.3 Å². The van der Waals surface area contributed by atoms with Gasteiger partial charge in [0.25, 0.3) is 0 Å². The maximum absolute atomic E-state index is 5.21. The van der Waals surface area contributed by atoms with Crippen LogP contribution in [0.25, 0.3) is 0 Å². The molecule has 1 aliphatic rings. The zero-order valence-corrected chi connectivity index (χ0v) is 22.1. The first-order valence-corrected chi connectivity index (χ1v) is 15.2. The Labute approximate surface area is 215 Å². The quantitative estimate of drug-likeness (QED) is 0.272. The molecule has 0 radical (unpaired) electrons. The molecule has 5 rings (SSSR count). The van der Waals surface area contributed by atoms with Crippen LogP contribution in [-0.4, -0.2) is 5.66 Å². The van der Waals surface area contributed by atoms with Crippen molar-refractivity contribution in [3.63, 3.8) is 0 Å². The normalized spacial score (nSPS) is 13.3. The Balaban J connectivity index is 0.000000186. The summed E-state index contributed by atoms with van der Waals surface area (Å²) < 4.78 is 0. The van der Waals surface area contributed by atoms with Gasteiger partial charge in [0.15, 0.2) is 0 Å². The van der Waals surface area contributed by atoms with Crippen LogP contribution in [0.5, 0.6) is 0 Å². The molecular formula is C29H29ClNiP2. The van der Waals surface area contributed by atoms with Crippen molar-refractivity contribution in [1.82, 2.24) is 0 Å². The van der Waals surface area contributed by atoms with Gasteiger partial charge in [-0.15, -0.1) is 0 Å². The van der Waals surface area contributed by atoms with Crippen molar-refractivity contribution < 1.29 is 27.4 Å². The Kier molecular flexibility index (Phi) is 11.1. The van der Waals surface area contributed by atoms with Gasteiger partial charge in [-0.3, -0.25) is 0 Å². The van der Waals surface area contributed by atoms with Crippen molar-refractivity contribution in [3.8, 4) is 0 Å². The molecule has 0 saturated heterocycles. The van der Waals surface area contributed by atoms with Crippen LogP contribution in [0.15, 0.2) is 121 Å². The van der Waals surface area contributed by atoms with E-state index in [0.29, 0.717) is 0 Å². The molecule has 0 atom stereocenters. The maximum Gasteiger partial charge on any atom is -0.0129 e. The molecule has 172 valence electrons. The van der Waals surface area contributed by atoms with E-state index in [-0.39, 0.29) is 20.3 Å². The molecule has 4 heteroatoms. The Morgan fingerprint density at radius 3 is 1.12 bits per heavy atom. The molecule has 1 fully saturated rings. The van der Waals surface area contributed by atoms with Crippen LogP contribution in [0, 0.1) is 0 Å². The fourth-order valence-electron chi connectivity index (χ4n) is 4.16. The minimum Gasteiger partial charge on any atom is -0.0622 e. The molecule has 1 saturated carbocycles. The largest absolute Gasteiger partial charge is 0.0622 e. The molecule has 4 aromatic carbocycles. The molecule has 0 amide bonds. The van der Waals surface area contributed by atoms with Gasteiger partial charge in [-0.05, 0) is 37.0 Å². The molecule has 0 spiro atoms. The van der Waals surface area contributed by atoms with E-state index in [2.05, 4.69) is 84.9 Å². The maximum atomic E-state index is 5.21. The number of hydrogen-bond acceptors (Lipinski definition) is 0. The molecule has 0 N–H and O–H groups in total. The van der Waals surface area contributed by atoms with E-state index >= 15 is 0 Å². The van der Waals surface area contributed by atoms with Crippen LogP contribution >= 0.6 is 14.6 Å². The van der Waals surface area contributed by atoms with Gasteiger partial charge < -0.3 is 12.4 Å². The average molecular weight is 534 g/mol. The zero-order valence-electron chi connectivity index (χ0n) is 18.5. The van der Waals surface area contributed by atoms with Crippen molar-refractivity contribution in [1.29, 1.82) is 0 Å². The van der Waals surface area contributed by atoms with E-state index in [9.17, 15) is 0 Å².